The maximum Gasteiger partial charge on any atom is 0.337 e. The van der Waals surface area contributed by atoms with Gasteiger partial charge in [0.1, 0.15) is 0 Å². The molecule has 0 atom stereocenters. The lowest BCUT2D eigenvalue weighted by Crippen LogP contribution is -2.37. The average molecular weight is 413 g/mol. The molecule has 8 heteroatoms. The molecule has 0 unspecified atom stereocenters. The first-order chi connectivity index (χ1) is 12.4. The van der Waals surface area contributed by atoms with Gasteiger partial charge in [-0.1, -0.05) is 36.4 Å². The van der Waals surface area contributed by atoms with Crippen LogP contribution in [0, 0.1) is 6.92 Å². The molecule has 2 N–H and O–H groups in total. The number of carbonyl (C=O) groups is 1. The van der Waals surface area contributed by atoms with E-state index in [1.54, 1.807) is 19.1 Å². The van der Waals surface area contributed by atoms with Gasteiger partial charge in [-0.3, -0.25) is 0 Å². The molecule has 6 nitrogen and oxygen atoms in total. The summed E-state index contributed by atoms with van der Waals surface area (Å²) < 4.78 is 32.3. The van der Waals surface area contributed by atoms with Gasteiger partial charge >= 0.3 is 5.97 Å². The Morgan fingerprint density at radius 1 is 1.11 bits per heavy atom. The fourth-order valence-electron chi connectivity index (χ4n) is 2.66. The number of hydrogen-bond donors (Lipinski definition) is 1. The number of methoxy groups -OCH3 is 1. The first-order valence-corrected chi connectivity index (χ1v) is 9.77. The number of rotatable bonds is 8. The zero-order valence-electron chi connectivity index (χ0n) is 15.4. The molecule has 2 aromatic rings. The Kier molecular flexibility index (Phi) is 8.92. The highest BCUT2D eigenvalue weighted by Crippen LogP contribution is 2.22. The molecule has 0 aliphatic heterocycles. The number of nitrogens with two attached hydrogens (primary N) is 1. The van der Waals surface area contributed by atoms with Crippen LogP contribution in [0.3, 0.4) is 0 Å². The van der Waals surface area contributed by atoms with Crippen molar-refractivity contribution in [1.82, 2.24) is 4.31 Å². The Bertz CT molecular complexity index is 857. The quantitative estimate of drug-likeness (QED) is 0.672. The van der Waals surface area contributed by atoms with Crippen molar-refractivity contribution in [2.24, 2.45) is 5.73 Å². The number of benzene rings is 2. The number of ether oxygens (including phenoxy) is 1. The number of carbonyl (C=O) groups excluding carboxylic acids is 1. The van der Waals surface area contributed by atoms with Crippen molar-refractivity contribution < 1.29 is 17.9 Å². The number of esters is 1. The topological polar surface area (TPSA) is 89.7 Å². The van der Waals surface area contributed by atoms with E-state index in [-0.39, 0.29) is 36.0 Å². The van der Waals surface area contributed by atoms with Crippen molar-refractivity contribution in [3.05, 3.63) is 65.2 Å². The summed E-state index contributed by atoms with van der Waals surface area (Å²) in [4.78, 5) is 11.9. The minimum atomic E-state index is -3.78. The molecule has 0 aliphatic rings. The monoisotopic (exact) mass is 412 g/mol. The molecule has 0 aliphatic carbocycles. The maximum atomic E-state index is 13.1. The number of halogens is 1. The highest BCUT2D eigenvalue weighted by Gasteiger charge is 2.26. The largest absolute Gasteiger partial charge is 0.465 e. The molecule has 0 fully saturated rings. The molecule has 2 aromatic carbocycles. The van der Waals surface area contributed by atoms with Crippen LogP contribution in [0.1, 0.15) is 21.5 Å². The van der Waals surface area contributed by atoms with Gasteiger partial charge in [-0.05, 0) is 36.6 Å². The van der Waals surface area contributed by atoms with Crippen molar-refractivity contribution >= 4 is 28.4 Å². The predicted octanol–water partition coefficient (Wildman–Crippen LogP) is 2.40. The van der Waals surface area contributed by atoms with Crippen LogP contribution in [-0.4, -0.2) is 45.4 Å². The Morgan fingerprint density at radius 2 is 1.78 bits per heavy atom. The molecule has 148 valence electrons. The first-order valence-electron chi connectivity index (χ1n) is 8.33. The van der Waals surface area contributed by atoms with Gasteiger partial charge in [0, 0.05) is 19.6 Å². The summed E-state index contributed by atoms with van der Waals surface area (Å²) >= 11 is 0. The second kappa shape index (κ2) is 10.4. The van der Waals surface area contributed by atoms with Gasteiger partial charge in [0.05, 0.1) is 17.6 Å². The number of hydrogen-bond acceptors (Lipinski definition) is 5. The smallest absolute Gasteiger partial charge is 0.337 e. The van der Waals surface area contributed by atoms with Crippen molar-refractivity contribution in [3.63, 3.8) is 0 Å². The lowest BCUT2D eigenvalue weighted by atomic mass is 10.1. The first kappa shape index (κ1) is 23.1. The van der Waals surface area contributed by atoms with Gasteiger partial charge < -0.3 is 10.5 Å². The minimum absolute atomic E-state index is 0. The van der Waals surface area contributed by atoms with E-state index in [1.165, 1.54) is 17.5 Å². The molecule has 27 heavy (non-hydrogen) atoms. The zero-order chi connectivity index (χ0) is 19.2. The van der Waals surface area contributed by atoms with Crippen LogP contribution in [0.25, 0.3) is 0 Å². The van der Waals surface area contributed by atoms with Crippen LogP contribution < -0.4 is 5.73 Å². The lowest BCUT2D eigenvalue weighted by molar-refractivity contribution is 0.0600. The fourth-order valence-corrected chi connectivity index (χ4v) is 4.36. The van der Waals surface area contributed by atoms with E-state index < -0.39 is 16.0 Å². The van der Waals surface area contributed by atoms with Crippen LogP contribution in [0.5, 0.6) is 0 Å². The third-order valence-corrected chi connectivity index (χ3v) is 6.14. The average Bonchev–Trinajstić information content (AvgIpc) is 2.65. The van der Waals surface area contributed by atoms with Crippen molar-refractivity contribution in [2.45, 2.75) is 18.2 Å². The normalized spacial score (nSPS) is 11.1. The van der Waals surface area contributed by atoms with Gasteiger partial charge in [-0.2, -0.15) is 4.31 Å². The Morgan fingerprint density at radius 3 is 2.37 bits per heavy atom. The highest BCUT2D eigenvalue weighted by molar-refractivity contribution is 7.89. The van der Waals surface area contributed by atoms with E-state index >= 15 is 0 Å². The SMILES string of the molecule is COC(=O)c1ccc(C)c(S(=O)(=O)N(CCN)CCc2ccccc2)c1.Cl. The van der Waals surface area contributed by atoms with Gasteiger partial charge in [-0.15, -0.1) is 12.4 Å². The molecule has 0 saturated carbocycles. The van der Waals surface area contributed by atoms with Gasteiger partial charge in [-0.25, -0.2) is 13.2 Å². The Hall–Kier alpha value is -1.93. The second-order valence-electron chi connectivity index (χ2n) is 5.90. The zero-order valence-corrected chi connectivity index (χ0v) is 17.1. The molecule has 2 rings (SSSR count). The summed E-state index contributed by atoms with van der Waals surface area (Å²) in [7, 11) is -2.52. The van der Waals surface area contributed by atoms with E-state index in [2.05, 4.69) is 4.74 Å². The predicted molar refractivity (Wildman–Crippen MR) is 108 cm³/mol. The molecule has 0 aromatic heterocycles. The Labute approximate surface area is 166 Å². The molecular weight excluding hydrogens is 388 g/mol. The van der Waals surface area contributed by atoms with E-state index in [0.29, 0.717) is 18.5 Å². The molecule has 0 amide bonds. The summed E-state index contributed by atoms with van der Waals surface area (Å²) in [5, 5.41) is 0. The number of sulfonamides is 1. The summed E-state index contributed by atoms with van der Waals surface area (Å²) in [5.74, 6) is -0.573. The van der Waals surface area contributed by atoms with Crippen molar-refractivity contribution in [3.8, 4) is 0 Å². The van der Waals surface area contributed by atoms with Crippen molar-refractivity contribution in [2.75, 3.05) is 26.7 Å². The fraction of sp³-hybridized carbons (Fsp3) is 0.316. The van der Waals surface area contributed by atoms with E-state index in [9.17, 15) is 13.2 Å². The summed E-state index contributed by atoms with van der Waals surface area (Å²) in [6.07, 6.45) is 0.579. The van der Waals surface area contributed by atoms with E-state index in [0.717, 1.165) is 5.56 Å². The van der Waals surface area contributed by atoms with E-state index in [1.807, 2.05) is 30.3 Å². The number of aryl methyl sites for hydroxylation is 1. The second-order valence-corrected chi connectivity index (χ2v) is 7.81. The van der Waals surface area contributed by atoms with E-state index in [4.69, 9.17) is 5.73 Å². The molecule has 0 spiro atoms. The van der Waals surface area contributed by atoms with Crippen LogP contribution in [-0.2, 0) is 21.2 Å². The van der Waals surface area contributed by atoms with Crippen LogP contribution in [0.4, 0.5) is 0 Å². The minimum Gasteiger partial charge on any atom is -0.465 e. The number of nitrogens with zero attached hydrogens (tertiary/aromatic N) is 1. The van der Waals surface area contributed by atoms with Gasteiger partial charge in [0.25, 0.3) is 0 Å². The van der Waals surface area contributed by atoms with Gasteiger partial charge in [0.15, 0.2) is 0 Å². The highest BCUT2D eigenvalue weighted by atomic mass is 35.5. The van der Waals surface area contributed by atoms with Crippen LogP contribution >= 0.6 is 12.4 Å². The molecule has 0 heterocycles. The molecule has 0 bridgehead atoms. The lowest BCUT2D eigenvalue weighted by Gasteiger charge is -2.23. The molecule has 0 radical (unpaired) electrons. The van der Waals surface area contributed by atoms with Crippen molar-refractivity contribution in [1.29, 1.82) is 0 Å². The molecular formula is C19H25ClN2O4S. The Balaban J connectivity index is 0.00000364. The third kappa shape index (κ3) is 5.77. The summed E-state index contributed by atoms with van der Waals surface area (Å²) in [5.41, 5.74) is 7.45. The summed E-state index contributed by atoms with van der Waals surface area (Å²) in [6.45, 7) is 2.43. The standard InChI is InChI=1S/C19H24N2O4S.ClH/c1-15-8-9-17(19(22)25-2)14-18(15)26(23,24)21(13-11-20)12-10-16-6-4-3-5-7-16;/h3-9,14H,10-13,20H2,1-2H3;1H. The van der Waals surface area contributed by atoms with Gasteiger partial charge in [0.2, 0.25) is 10.0 Å². The molecule has 0 saturated heterocycles. The van der Waals surface area contributed by atoms with Crippen LogP contribution in [0.2, 0.25) is 0 Å². The summed E-state index contributed by atoms with van der Waals surface area (Å²) in [6, 6.07) is 14.2. The maximum absolute atomic E-state index is 13.1. The van der Waals surface area contributed by atoms with Crippen LogP contribution in [0.15, 0.2) is 53.4 Å². The third-order valence-electron chi connectivity index (χ3n) is 4.10.